The van der Waals surface area contributed by atoms with E-state index in [9.17, 15) is 0 Å². The summed E-state index contributed by atoms with van der Waals surface area (Å²) < 4.78 is 10.3. The van der Waals surface area contributed by atoms with Gasteiger partial charge in [-0.05, 0) is 35.4 Å². The second-order valence-electron chi connectivity index (χ2n) is 6.63. The first-order valence-corrected chi connectivity index (χ1v) is 8.03. The van der Waals surface area contributed by atoms with Gasteiger partial charge in [-0.25, -0.2) is 0 Å². The fourth-order valence-corrected chi connectivity index (χ4v) is 1.88. The van der Waals surface area contributed by atoms with E-state index in [1.54, 1.807) is 14.2 Å². The lowest BCUT2D eigenvalue weighted by atomic mass is 10.0. The van der Waals surface area contributed by atoms with Crippen molar-refractivity contribution in [2.45, 2.75) is 60.3 Å². The van der Waals surface area contributed by atoms with Crippen LogP contribution in [-0.4, -0.2) is 14.2 Å². The van der Waals surface area contributed by atoms with Crippen molar-refractivity contribution in [1.29, 1.82) is 0 Å². The average Bonchev–Trinajstić information content (AvgIpc) is 2.44. The predicted octanol–water partition coefficient (Wildman–Crippen LogP) is 5.91. The molecule has 1 aromatic carbocycles. The first-order valence-electron chi connectivity index (χ1n) is 8.03. The van der Waals surface area contributed by atoms with Gasteiger partial charge in [-0.1, -0.05) is 60.5 Å². The van der Waals surface area contributed by atoms with Gasteiger partial charge in [0.05, 0.1) is 14.2 Å². The largest absolute Gasteiger partial charge is 0.493 e. The number of hydrogen-bond acceptors (Lipinski definition) is 2. The number of hydrogen-bond donors (Lipinski definition) is 0. The van der Waals surface area contributed by atoms with Gasteiger partial charge in [-0.3, -0.25) is 0 Å². The van der Waals surface area contributed by atoms with Crippen LogP contribution in [0.3, 0.4) is 0 Å². The first kappa shape index (κ1) is 19.8. The number of rotatable bonds is 6. The molecule has 0 unspecified atom stereocenters. The molecular formula is C19H34O2. The predicted molar refractivity (Wildman–Crippen MR) is 92.5 cm³/mol. The summed E-state index contributed by atoms with van der Waals surface area (Å²) in [5, 5.41) is 0. The molecule has 0 aliphatic rings. The van der Waals surface area contributed by atoms with Crippen molar-refractivity contribution >= 4 is 0 Å². The van der Waals surface area contributed by atoms with Crippen LogP contribution in [0.5, 0.6) is 11.5 Å². The highest BCUT2D eigenvalue weighted by Crippen LogP contribution is 2.30. The second kappa shape index (κ2) is 10.5. The molecule has 0 aliphatic heterocycles. The van der Waals surface area contributed by atoms with Crippen molar-refractivity contribution in [1.82, 2.24) is 0 Å². The molecule has 2 heteroatoms. The van der Waals surface area contributed by atoms with Crippen LogP contribution in [0.4, 0.5) is 0 Å². The molecule has 0 spiro atoms. The Labute approximate surface area is 131 Å². The Bertz CT molecular complexity index is 373. The summed E-state index contributed by atoms with van der Waals surface area (Å²) in [7, 11) is 3.30. The maximum Gasteiger partial charge on any atom is 0.160 e. The molecule has 2 nitrogen and oxygen atoms in total. The Hall–Kier alpha value is -1.18. The molecule has 0 aliphatic carbocycles. The monoisotopic (exact) mass is 294 g/mol. The lowest BCUT2D eigenvalue weighted by Gasteiger charge is -2.11. The van der Waals surface area contributed by atoms with Crippen LogP contribution in [0.25, 0.3) is 0 Å². The molecule has 0 bridgehead atoms. The van der Waals surface area contributed by atoms with E-state index in [2.05, 4.69) is 47.6 Å². The van der Waals surface area contributed by atoms with Gasteiger partial charge in [0.1, 0.15) is 0 Å². The summed E-state index contributed by atoms with van der Waals surface area (Å²) in [6, 6.07) is 6.02. The van der Waals surface area contributed by atoms with Gasteiger partial charge < -0.3 is 9.47 Å². The van der Waals surface area contributed by atoms with E-state index in [0.29, 0.717) is 5.92 Å². The third-order valence-electron chi connectivity index (χ3n) is 3.40. The molecule has 0 aromatic heterocycles. The maximum absolute atomic E-state index is 5.20. The molecule has 0 amide bonds. The molecule has 0 radical (unpaired) electrons. The summed E-state index contributed by atoms with van der Waals surface area (Å²) >= 11 is 0. The summed E-state index contributed by atoms with van der Waals surface area (Å²) in [6.07, 6.45) is 2.77. The highest BCUT2D eigenvalue weighted by Gasteiger charge is 2.06. The van der Waals surface area contributed by atoms with Crippen molar-refractivity contribution in [3.05, 3.63) is 23.8 Å². The van der Waals surface area contributed by atoms with E-state index in [1.807, 2.05) is 12.1 Å². The van der Waals surface area contributed by atoms with Gasteiger partial charge in [0.25, 0.3) is 0 Å². The lowest BCUT2D eigenvalue weighted by Crippen LogP contribution is -1.93. The Morgan fingerprint density at radius 3 is 1.57 bits per heavy atom. The fourth-order valence-electron chi connectivity index (χ4n) is 1.88. The molecule has 0 saturated carbocycles. The first-order chi connectivity index (χ1) is 9.81. The highest BCUT2D eigenvalue weighted by molar-refractivity contribution is 5.43. The van der Waals surface area contributed by atoms with Crippen molar-refractivity contribution in [2.75, 3.05) is 14.2 Å². The summed E-state index contributed by atoms with van der Waals surface area (Å²) in [5.41, 5.74) is 1.26. The van der Waals surface area contributed by atoms with Crippen LogP contribution in [0.15, 0.2) is 18.2 Å². The standard InChI is InChI=1S/C11H16O2.C8H18/c1-8(2)9-5-6-10(12-3)11(7-9)13-4;1-7(2)5-6-8(3)4/h5-8H,1-4H3;7-8H,5-6H2,1-4H3. The minimum atomic E-state index is 0.514. The Morgan fingerprint density at radius 1 is 0.762 bits per heavy atom. The average molecular weight is 294 g/mol. The molecule has 0 N–H and O–H groups in total. The molecule has 1 aromatic rings. The third kappa shape index (κ3) is 8.64. The third-order valence-corrected chi connectivity index (χ3v) is 3.40. The topological polar surface area (TPSA) is 18.5 Å². The summed E-state index contributed by atoms with van der Waals surface area (Å²) in [5.74, 6) is 3.87. The molecular weight excluding hydrogens is 260 g/mol. The zero-order valence-electron chi connectivity index (χ0n) is 15.2. The van der Waals surface area contributed by atoms with Gasteiger partial charge in [-0.2, -0.15) is 0 Å². The van der Waals surface area contributed by atoms with Gasteiger partial charge in [0.15, 0.2) is 11.5 Å². The Kier molecular flexibility index (Phi) is 9.94. The van der Waals surface area contributed by atoms with E-state index in [0.717, 1.165) is 23.3 Å². The molecule has 1 rings (SSSR count). The van der Waals surface area contributed by atoms with Gasteiger partial charge in [0.2, 0.25) is 0 Å². The quantitative estimate of drug-likeness (QED) is 0.649. The minimum Gasteiger partial charge on any atom is -0.493 e. The smallest absolute Gasteiger partial charge is 0.160 e. The van der Waals surface area contributed by atoms with Gasteiger partial charge in [-0.15, -0.1) is 0 Å². The van der Waals surface area contributed by atoms with Crippen molar-refractivity contribution in [3.63, 3.8) is 0 Å². The molecule has 0 atom stereocenters. The summed E-state index contributed by atoms with van der Waals surface area (Å²) in [6.45, 7) is 13.4. The Balaban J connectivity index is 0.000000433. The van der Waals surface area contributed by atoms with Crippen LogP contribution >= 0.6 is 0 Å². The van der Waals surface area contributed by atoms with Gasteiger partial charge >= 0.3 is 0 Å². The number of ether oxygens (including phenoxy) is 2. The molecule has 0 heterocycles. The van der Waals surface area contributed by atoms with Crippen LogP contribution in [0.1, 0.15) is 65.9 Å². The van der Waals surface area contributed by atoms with Crippen molar-refractivity contribution < 1.29 is 9.47 Å². The molecule has 0 fully saturated rings. The molecule has 0 saturated heterocycles. The van der Waals surface area contributed by atoms with E-state index >= 15 is 0 Å². The van der Waals surface area contributed by atoms with Crippen LogP contribution in [-0.2, 0) is 0 Å². The normalized spacial score (nSPS) is 10.6. The highest BCUT2D eigenvalue weighted by atomic mass is 16.5. The van der Waals surface area contributed by atoms with E-state index < -0.39 is 0 Å². The van der Waals surface area contributed by atoms with Crippen LogP contribution < -0.4 is 9.47 Å². The SMILES string of the molecule is CC(C)CCC(C)C.COc1ccc(C(C)C)cc1OC. The molecule has 122 valence electrons. The number of methoxy groups -OCH3 is 2. The van der Waals surface area contributed by atoms with Crippen molar-refractivity contribution in [3.8, 4) is 11.5 Å². The van der Waals surface area contributed by atoms with Crippen molar-refractivity contribution in [2.24, 2.45) is 11.8 Å². The Morgan fingerprint density at radius 2 is 1.24 bits per heavy atom. The minimum absolute atomic E-state index is 0.514. The van der Waals surface area contributed by atoms with E-state index in [4.69, 9.17) is 9.47 Å². The van der Waals surface area contributed by atoms with Gasteiger partial charge in [0, 0.05) is 0 Å². The fraction of sp³-hybridized carbons (Fsp3) is 0.684. The maximum atomic E-state index is 5.20. The van der Waals surface area contributed by atoms with Crippen LogP contribution in [0, 0.1) is 11.8 Å². The number of benzene rings is 1. The van der Waals surface area contributed by atoms with Crippen LogP contribution in [0.2, 0.25) is 0 Å². The zero-order valence-corrected chi connectivity index (χ0v) is 15.2. The van der Waals surface area contributed by atoms with E-state index in [-0.39, 0.29) is 0 Å². The zero-order chi connectivity index (χ0) is 16.4. The lowest BCUT2D eigenvalue weighted by molar-refractivity contribution is 0.354. The summed E-state index contributed by atoms with van der Waals surface area (Å²) in [4.78, 5) is 0. The second-order valence-corrected chi connectivity index (χ2v) is 6.63. The van der Waals surface area contributed by atoms with E-state index in [1.165, 1.54) is 18.4 Å². The molecule has 21 heavy (non-hydrogen) atoms.